The van der Waals surface area contributed by atoms with Crippen LogP contribution in [0.5, 0.6) is 0 Å². The molecule has 0 aliphatic heterocycles. The minimum Gasteiger partial charge on any atom is -0.0856 e. The van der Waals surface area contributed by atoms with E-state index < -0.39 is 0 Å². The van der Waals surface area contributed by atoms with Gasteiger partial charge in [0.05, 0.1) is 0 Å². The molecule has 0 aromatic carbocycles. The van der Waals surface area contributed by atoms with Crippen LogP contribution >= 0.6 is 15.9 Å². The predicted molar refractivity (Wildman–Crippen MR) is 35.7 cm³/mol. The third kappa shape index (κ3) is 1.45. The number of rotatable bonds is 1. The average Bonchev–Trinajstić information content (AvgIpc) is 1.99. The number of hydrogen-bond acceptors (Lipinski definition) is 0. The van der Waals surface area contributed by atoms with Crippen molar-refractivity contribution in [2.45, 2.75) is 31.0 Å². The Hall–Kier alpha value is 0.480. The molecule has 1 fully saturated rings. The van der Waals surface area contributed by atoms with E-state index in [4.69, 9.17) is 0 Å². The Labute approximate surface area is 53.4 Å². The van der Waals surface area contributed by atoms with Gasteiger partial charge in [0, 0.05) is 4.32 Å². The van der Waals surface area contributed by atoms with Crippen molar-refractivity contribution in [3.63, 3.8) is 0 Å². The summed E-state index contributed by atoms with van der Waals surface area (Å²) in [5.41, 5.74) is 0. The Kier molecular flexibility index (Phi) is 1.18. The first-order chi connectivity index (χ1) is 3.11. The average molecular weight is 163 g/mol. The minimum atomic E-state index is 0.424. The van der Waals surface area contributed by atoms with Gasteiger partial charge in [-0.3, -0.25) is 0 Å². The molecule has 0 aromatic rings. The molecule has 1 heteroatoms. The highest BCUT2D eigenvalue weighted by atomic mass is 79.9. The van der Waals surface area contributed by atoms with E-state index in [1.54, 1.807) is 0 Å². The maximum atomic E-state index is 3.61. The van der Waals surface area contributed by atoms with Gasteiger partial charge in [0.2, 0.25) is 0 Å². The van der Waals surface area contributed by atoms with Gasteiger partial charge in [-0.1, -0.05) is 15.9 Å². The van der Waals surface area contributed by atoms with Crippen molar-refractivity contribution < 1.29 is 0 Å². The summed E-state index contributed by atoms with van der Waals surface area (Å²) in [6.45, 7) is 4.48. The van der Waals surface area contributed by atoms with Crippen LogP contribution in [0.1, 0.15) is 26.7 Å². The van der Waals surface area contributed by atoms with Crippen LogP contribution in [0.2, 0.25) is 0 Å². The summed E-state index contributed by atoms with van der Waals surface area (Å²) in [4.78, 5) is 0. The van der Waals surface area contributed by atoms with Gasteiger partial charge in [-0.25, -0.2) is 0 Å². The van der Waals surface area contributed by atoms with Crippen LogP contribution in [0.25, 0.3) is 0 Å². The summed E-state index contributed by atoms with van der Waals surface area (Å²) in [7, 11) is 0. The zero-order chi connectivity index (χ0) is 5.49. The summed E-state index contributed by atoms with van der Waals surface area (Å²) in [6, 6.07) is 0. The predicted octanol–water partition coefficient (Wildman–Crippen LogP) is 2.57. The van der Waals surface area contributed by atoms with Crippen LogP contribution in [-0.4, -0.2) is 4.32 Å². The standard InChI is InChI=1S/C6H11Br/c1-6(2,7)5-3-4-5/h5H,3-4H2,1-2H3. The lowest BCUT2D eigenvalue weighted by Crippen LogP contribution is -2.10. The fraction of sp³-hybridized carbons (Fsp3) is 1.00. The van der Waals surface area contributed by atoms with Crippen LogP contribution < -0.4 is 0 Å². The minimum absolute atomic E-state index is 0.424. The maximum absolute atomic E-state index is 3.61. The van der Waals surface area contributed by atoms with Gasteiger partial charge < -0.3 is 0 Å². The van der Waals surface area contributed by atoms with Crippen molar-refractivity contribution in [3.8, 4) is 0 Å². The SMILES string of the molecule is CC(C)(Br)C1CC1. The number of alkyl halides is 1. The fourth-order valence-corrected chi connectivity index (χ4v) is 1.23. The van der Waals surface area contributed by atoms with E-state index >= 15 is 0 Å². The number of halogens is 1. The largest absolute Gasteiger partial charge is 0.0856 e. The smallest absolute Gasteiger partial charge is 0.0229 e. The van der Waals surface area contributed by atoms with E-state index in [-0.39, 0.29) is 0 Å². The second kappa shape index (κ2) is 1.48. The van der Waals surface area contributed by atoms with Crippen molar-refractivity contribution in [2.75, 3.05) is 0 Å². The molecule has 0 unspecified atom stereocenters. The van der Waals surface area contributed by atoms with Crippen LogP contribution in [0.3, 0.4) is 0 Å². The van der Waals surface area contributed by atoms with E-state index in [2.05, 4.69) is 29.8 Å². The summed E-state index contributed by atoms with van der Waals surface area (Å²) in [6.07, 6.45) is 2.86. The Morgan fingerprint density at radius 2 is 1.86 bits per heavy atom. The zero-order valence-electron chi connectivity index (χ0n) is 4.87. The van der Waals surface area contributed by atoms with E-state index in [1.165, 1.54) is 12.8 Å². The molecule has 0 bridgehead atoms. The van der Waals surface area contributed by atoms with Gasteiger partial charge in [0.15, 0.2) is 0 Å². The molecule has 1 aliphatic rings. The first kappa shape index (κ1) is 5.61. The molecule has 42 valence electrons. The highest BCUT2D eigenvalue weighted by Gasteiger charge is 2.35. The molecule has 0 heterocycles. The molecule has 0 radical (unpaired) electrons. The molecule has 0 spiro atoms. The molecule has 7 heavy (non-hydrogen) atoms. The molecule has 1 saturated carbocycles. The summed E-state index contributed by atoms with van der Waals surface area (Å²) in [5.74, 6) is 0.965. The fourth-order valence-electron chi connectivity index (χ4n) is 0.770. The molecule has 1 rings (SSSR count). The molecular formula is C6H11Br. The second-order valence-electron chi connectivity index (χ2n) is 2.84. The Morgan fingerprint density at radius 1 is 1.43 bits per heavy atom. The van der Waals surface area contributed by atoms with Crippen molar-refractivity contribution in [1.82, 2.24) is 0 Å². The monoisotopic (exact) mass is 162 g/mol. The van der Waals surface area contributed by atoms with Crippen molar-refractivity contribution >= 4 is 15.9 Å². The lowest BCUT2D eigenvalue weighted by atomic mass is 10.1. The topological polar surface area (TPSA) is 0 Å². The molecular weight excluding hydrogens is 152 g/mol. The lowest BCUT2D eigenvalue weighted by molar-refractivity contribution is 0.635. The number of hydrogen-bond donors (Lipinski definition) is 0. The lowest BCUT2D eigenvalue weighted by Gasteiger charge is -2.12. The Balaban J connectivity index is 2.36. The van der Waals surface area contributed by atoms with Gasteiger partial charge in [-0.2, -0.15) is 0 Å². The molecule has 0 atom stereocenters. The molecule has 0 N–H and O–H groups in total. The third-order valence-electron chi connectivity index (χ3n) is 1.55. The van der Waals surface area contributed by atoms with Crippen LogP contribution in [0, 0.1) is 5.92 Å². The quantitative estimate of drug-likeness (QED) is 0.521. The van der Waals surface area contributed by atoms with Gasteiger partial charge in [0.1, 0.15) is 0 Å². The summed E-state index contributed by atoms with van der Waals surface area (Å²) >= 11 is 3.61. The Morgan fingerprint density at radius 3 is 1.86 bits per heavy atom. The van der Waals surface area contributed by atoms with E-state index in [0.717, 1.165) is 5.92 Å². The normalized spacial score (nSPS) is 22.7. The van der Waals surface area contributed by atoms with E-state index in [9.17, 15) is 0 Å². The first-order valence-corrected chi connectivity index (χ1v) is 3.59. The van der Waals surface area contributed by atoms with Gasteiger partial charge >= 0.3 is 0 Å². The molecule has 0 aromatic heterocycles. The van der Waals surface area contributed by atoms with Gasteiger partial charge in [-0.15, -0.1) is 0 Å². The van der Waals surface area contributed by atoms with Crippen LogP contribution in [-0.2, 0) is 0 Å². The van der Waals surface area contributed by atoms with Crippen molar-refractivity contribution in [1.29, 1.82) is 0 Å². The second-order valence-corrected chi connectivity index (χ2v) is 4.88. The zero-order valence-corrected chi connectivity index (χ0v) is 6.46. The van der Waals surface area contributed by atoms with E-state index in [0.29, 0.717) is 4.32 Å². The maximum Gasteiger partial charge on any atom is 0.0229 e. The third-order valence-corrected chi connectivity index (χ3v) is 2.20. The van der Waals surface area contributed by atoms with Gasteiger partial charge in [-0.05, 0) is 32.6 Å². The molecule has 0 amide bonds. The summed E-state index contributed by atoms with van der Waals surface area (Å²) < 4.78 is 0.424. The van der Waals surface area contributed by atoms with E-state index in [1.807, 2.05) is 0 Å². The highest BCUT2D eigenvalue weighted by Crippen LogP contribution is 2.44. The van der Waals surface area contributed by atoms with Crippen LogP contribution in [0.4, 0.5) is 0 Å². The molecule has 0 nitrogen and oxygen atoms in total. The van der Waals surface area contributed by atoms with Crippen molar-refractivity contribution in [3.05, 3.63) is 0 Å². The van der Waals surface area contributed by atoms with Gasteiger partial charge in [0.25, 0.3) is 0 Å². The molecule has 1 aliphatic carbocycles. The van der Waals surface area contributed by atoms with Crippen molar-refractivity contribution in [2.24, 2.45) is 5.92 Å². The highest BCUT2D eigenvalue weighted by molar-refractivity contribution is 9.10. The Bertz CT molecular complexity index is 66.7. The first-order valence-electron chi connectivity index (χ1n) is 2.79. The van der Waals surface area contributed by atoms with Crippen LogP contribution in [0.15, 0.2) is 0 Å². The summed E-state index contributed by atoms with van der Waals surface area (Å²) in [5, 5.41) is 0. The molecule has 0 saturated heterocycles.